The molecule has 3 heterocycles. The first-order valence-corrected chi connectivity index (χ1v) is 12.1. The van der Waals surface area contributed by atoms with Gasteiger partial charge in [-0.1, -0.05) is 11.6 Å². The molecule has 182 valence electrons. The minimum absolute atomic E-state index is 0.0655. The van der Waals surface area contributed by atoms with E-state index >= 15 is 0 Å². The number of amides is 2. The van der Waals surface area contributed by atoms with Crippen molar-refractivity contribution in [3.05, 3.63) is 52.6 Å². The molecule has 0 atom stereocenters. The molecule has 2 saturated heterocycles. The molecule has 2 aromatic rings. The van der Waals surface area contributed by atoms with Crippen LogP contribution in [0.2, 0.25) is 5.02 Å². The van der Waals surface area contributed by atoms with E-state index in [1.54, 1.807) is 18.3 Å². The van der Waals surface area contributed by atoms with Crippen molar-refractivity contribution in [2.75, 3.05) is 46.0 Å². The molecule has 0 aliphatic carbocycles. The fraction of sp³-hybridized carbons (Fsp3) is 0.520. The molecule has 2 fully saturated rings. The Balaban J connectivity index is 1.46. The second-order valence-corrected chi connectivity index (χ2v) is 9.56. The number of morpholine rings is 1. The third-order valence-corrected chi connectivity index (χ3v) is 6.94. The summed E-state index contributed by atoms with van der Waals surface area (Å²) in [6, 6.07) is 7.24. The Morgan fingerprint density at radius 1 is 1.06 bits per heavy atom. The highest BCUT2D eigenvalue weighted by Crippen LogP contribution is 2.37. The van der Waals surface area contributed by atoms with Crippen LogP contribution in [0.5, 0.6) is 5.75 Å². The first kappa shape index (κ1) is 24.4. The summed E-state index contributed by atoms with van der Waals surface area (Å²) in [5.74, 6) is 1.41. The van der Waals surface area contributed by atoms with E-state index < -0.39 is 0 Å². The molecule has 2 aliphatic rings. The normalized spacial score (nSPS) is 18.0. The molecule has 34 heavy (non-hydrogen) atoms. The van der Waals surface area contributed by atoms with Crippen molar-refractivity contribution in [2.45, 2.75) is 33.1 Å². The summed E-state index contributed by atoms with van der Waals surface area (Å²) in [5.41, 5.74) is 0.854. The van der Waals surface area contributed by atoms with Crippen LogP contribution in [0.1, 0.15) is 41.1 Å². The van der Waals surface area contributed by atoms with Crippen LogP contribution in [0.3, 0.4) is 0 Å². The molecule has 2 amide bonds. The average molecular weight is 487 g/mol. The lowest BCUT2D eigenvalue weighted by Crippen LogP contribution is -2.49. The Bertz CT molecular complexity index is 1020. The standard InChI is InChI=1S/C25H31ClN4O4/c1-18-22(16-27-19(2)28-18)24(32)30-9-7-25(8-10-30,15-23(31)29-11-13-33-14-12-29)17-34-21-5-3-20(26)4-6-21/h3-6,16H,7-15,17H2,1-2H3. The Kier molecular flexibility index (Phi) is 7.68. The summed E-state index contributed by atoms with van der Waals surface area (Å²) >= 11 is 6.00. The highest BCUT2D eigenvalue weighted by Gasteiger charge is 2.40. The summed E-state index contributed by atoms with van der Waals surface area (Å²) in [6.45, 7) is 7.51. The van der Waals surface area contributed by atoms with E-state index in [4.69, 9.17) is 21.1 Å². The number of hydrogen-bond donors (Lipinski definition) is 0. The monoisotopic (exact) mass is 486 g/mol. The van der Waals surface area contributed by atoms with Gasteiger partial charge in [0.2, 0.25) is 5.91 Å². The number of hydrogen-bond acceptors (Lipinski definition) is 6. The van der Waals surface area contributed by atoms with Crippen LogP contribution in [0, 0.1) is 19.3 Å². The summed E-state index contributed by atoms with van der Waals surface area (Å²) in [6.07, 6.45) is 3.34. The van der Waals surface area contributed by atoms with Gasteiger partial charge in [-0.15, -0.1) is 0 Å². The van der Waals surface area contributed by atoms with E-state index in [-0.39, 0.29) is 17.2 Å². The molecule has 4 rings (SSSR count). The minimum atomic E-state index is -0.357. The number of halogens is 1. The molecule has 0 bridgehead atoms. The van der Waals surface area contributed by atoms with E-state index in [0.29, 0.717) is 93.1 Å². The van der Waals surface area contributed by atoms with Crippen molar-refractivity contribution in [1.29, 1.82) is 0 Å². The number of piperidine rings is 1. The van der Waals surface area contributed by atoms with E-state index in [1.165, 1.54) is 0 Å². The van der Waals surface area contributed by atoms with Gasteiger partial charge >= 0.3 is 0 Å². The maximum absolute atomic E-state index is 13.1. The lowest BCUT2D eigenvalue weighted by atomic mass is 9.75. The smallest absolute Gasteiger partial charge is 0.257 e. The first-order chi connectivity index (χ1) is 16.3. The molecule has 0 N–H and O–H groups in total. The molecular formula is C25H31ClN4O4. The first-order valence-electron chi connectivity index (χ1n) is 11.7. The van der Waals surface area contributed by atoms with Gasteiger partial charge in [-0.3, -0.25) is 9.59 Å². The highest BCUT2D eigenvalue weighted by molar-refractivity contribution is 6.30. The fourth-order valence-corrected chi connectivity index (χ4v) is 4.66. The molecule has 0 radical (unpaired) electrons. The predicted molar refractivity (Wildman–Crippen MR) is 128 cm³/mol. The molecule has 0 spiro atoms. The second-order valence-electron chi connectivity index (χ2n) is 9.12. The molecule has 8 nitrogen and oxygen atoms in total. The van der Waals surface area contributed by atoms with Crippen LogP contribution < -0.4 is 4.74 Å². The minimum Gasteiger partial charge on any atom is -0.493 e. The zero-order valence-electron chi connectivity index (χ0n) is 19.8. The quantitative estimate of drug-likeness (QED) is 0.623. The Morgan fingerprint density at radius 3 is 2.38 bits per heavy atom. The number of ether oxygens (including phenoxy) is 2. The van der Waals surface area contributed by atoms with Crippen LogP contribution >= 0.6 is 11.6 Å². The predicted octanol–water partition coefficient (Wildman–Crippen LogP) is 3.30. The van der Waals surface area contributed by atoms with Gasteiger partial charge in [0.05, 0.1) is 31.1 Å². The van der Waals surface area contributed by atoms with Gasteiger partial charge in [-0.25, -0.2) is 9.97 Å². The largest absolute Gasteiger partial charge is 0.493 e. The number of benzene rings is 1. The second kappa shape index (κ2) is 10.7. The van der Waals surface area contributed by atoms with Crippen LogP contribution in [-0.2, 0) is 9.53 Å². The van der Waals surface area contributed by atoms with Crippen molar-refractivity contribution in [3.63, 3.8) is 0 Å². The van der Waals surface area contributed by atoms with E-state index in [1.807, 2.05) is 35.8 Å². The number of likely N-dealkylation sites (tertiary alicyclic amines) is 1. The summed E-state index contributed by atoms with van der Waals surface area (Å²) in [5, 5.41) is 0.645. The van der Waals surface area contributed by atoms with Gasteiger partial charge in [0.15, 0.2) is 0 Å². The van der Waals surface area contributed by atoms with Gasteiger partial charge < -0.3 is 19.3 Å². The number of rotatable bonds is 6. The number of carbonyl (C=O) groups is 2. The number of carbonyl (C=O) groups excluding carboxylic acids is 2. The van der Waals surface area contributed by atoms with Gasteiger partial charge in [-0.05, 0) is 51.0 Å². The molecule has 0 unspecified atom stereocenters. The summed E-state index contributed by atoms with van der Waals surface area (Å²) in [4.78, 5) is 38.5. The van der Waals surface area contributed by atoms with Crippen LogP contribution in [-0.4, -0.2) is 77.6 Å². The van der Waals surface area contributed by atoms with Crippen LogP contribution in [0.15, 0.2) is 30.5 Å². The maximum atomic E-state index is 13.1. The van der Waals surface area contributed by atoms with Crippen LogP contribution in [0.25, 0.3) is 0 Å². The van der Waals surface area contributed by atoms with Gasteiger partial charge in [0.1, 0.15) is 11.6 Å². The van der Waals surface area contributed by atoms with E-state index in [9.17, 15) is 9.59 Å². The molecule has 1 aromatic carbocycles. The number of aromatic nitrogens is 2. The van der Waals surface area contributed by atoms with Gasteiger partial charge in [0.25, 0.3) is 5.91 Å². The SMILES string of the molecule is Cc1ncc(C(=O)N2CCC(COc3ccc(Cl)cc3)(CC(=O)N3CCOCC3)CC2)c(C)n1. The molecule has 0 saturated carbocycles. The Hall–Kier alpha value is -2.71. The topological polar surface area (TPSA) is 84.9 Å². The molecule has 1 aromatic heterocycles. The van der Waals surface area contributed by atoms with Crippen molar-refractivity contribution >= 4 is 23.4 Å². The molecular weight excluding hydrogens is 456 g/mol. The molecule has 9 heteroatoms. The van der Waals surface area contributed by atoms with Crippen molar-refractivity contribution in [1.82, 2.24) is 19.8 Å². The lowest BCUT2D eigenvalue weighted by Gasteiger charge is -2.42. The van der Waals surface area contributed by atoms with Gasteiger partial charge in [-0.2, -0.15) is 0 Å². The van der Waals surface area contributed by atoms with E-state index in [0.717, 1.165) is 0 Å². The maximum Gasteiger partial charge on any atom is 0.257 e. The van der Waals surface area contributed by atoms with Gasteiger partial charge in [0, 0.05) is 49.2 Å². The summed E-state index contributed by atoms with van der Waals surface area (Å²) in [7, 11) is 0. The van der Waals surface area contributed by atoms with Crippen molar-refractivity contribution in [2.24, 2.45) is 5.41 Å². The molecule has 2 aliphatic heterocycles. The van der Waals surface area contributed by atoms with Crippen molar-refractivity contribution in [3.8, 4) is 5.75 Å². The lowest BCUT2D eigenvalue weighted by molar-refractivity contribution is -0.139. The number of nitrogens with zero attached hydrogens (tertiary/aromatic N) is 4. The van der Waals surface area contributed by atoms with Crippen LogP contribution in [0.4, 0.5) is 0 Å². The fourth-order valence-electron chi connectivity index (χ4n) is 4.53. The third kappa shape index (κ3) is 5.85. The Morgan fingerprint density at radius 2 is 1.74 bits per heavy atom. The number of aryl methyl sites for hydroxylation is 2. The third-order valence-electron chi connectivity index (χ3n) is 6.69. The van der Waals surface area contributed by atoms with Crippen molar-refractivity contribution < 1.29 is 19.1 Å². The van der Waals surface area contributed by atoms with E-state index in [2.05, 4.69) is 9.97 Å². The highest BCUT2D eigenvalue weighted by atomic mass is 35.5. The summed E-state index contributed by atoms with van der Waals surface area (Å²) < 4.78 is 11.5. The Labute approximate surface area is 205 Å². The zero-order valence-corrected chi connectivity index (χ0v) is 20.5. The average Bonchev–Trinajstić information content (AvgIpc) is 2.84. The zero-order chi connectivity index (χ0) is 24.1.